The summed E-state index contributed by atoms with van der Waals surface area (Å²) in [4.78, 5) is 11.0. The molecule has 1 aromatic rings. The molecule has 0 aromatic heterocycles. The lowest BCUT2D eigenvalue weighted by Crippen LogP contribution is -2.00. The van der Waals surface area contributed by atoms with Crippen LogP contribution in [0.1, 0.15) is 23.6 Å². The summed E-state index contributed by atoms with van der Waals surface area (Å²) in [6.45, 7) is 3.67. The van der Waals surface area contributed by atoms with E-state index in [9.17, 15) is 4.79 Å². The molecule has 13 heavy (non-hydrogen) atoms. The standard InChI is InChI=1S/C11H13BrO/c1-8-3-4-10(7-12)11(5-8)6-9(2)13/h3-5H,6-7H2,1-2H3. The van der Waals surface area contributed by atoms with Crippen LogP contribution in [0.15, 0.2) is 18.2 Å². The van der Waals surface area contributed by atoms with Crippen molar-refractivity contribution >= 4 is 21.7 Å². The van der Waals surface area contributed by atoms with Crippen LogP contribution in [0.2, 0.25) is 0 Å². The maximum atomic E-state index is 11.0. The second-order valence-corrected chi connectivity index (χ2v) is 3.85. The summed E-state index contributed by atoms with van der Waals surface area (Å²) >= 11 is 3.41. The largest absolute Gasteiger partial charge is 0.300 e. The van der Waals surface area contributed by atoms with E-state index in [1.165, 1.54) is 11.1 Å². The van der Waals surface area contributed by atoms with Crippen LogP contribution < -0.4 is 0 Å². The van der Waals surface area contributed by atoms with Crippen LogP contribution in [0, 0.1) is 6.92 Å². The van der Waals surface area contributed by atoms with Gasteiger partial charge in [-0.1, -0.05) is 39.7 Å². The van der Waals surface area contributed by atoms with E-state index in [-0.39, 0.29) is 5.78 Å². The van der Waals surface area contributed by atoms with Gasteiger partial charge in [0, 0.05) is 11.8 Å². The molecule has 0 amide bonds. The molecule has 0 heterocycles. The zero-order valence-corrected chi connectivity index (χ0v) is 9.52. The van der Waals surface area contributed by atoms with E-state index in [1.807, 2.05) is 6.92 Å². The van der Waals surface area contributed by atoms with E-state index in [4.69, 9.17) is 0 Å². The van der Waals surface area contributed by atoms with E-state index in [0.29, 0.717) is 6.42 Å². The van der Waals surface area contributed by atoms with Gasteiger partial charge in [0.25, 0.3) is 0 Å². The highest BCUT2D eigenvalue weighted by molar-refractivity contribution is 9.08. The van der Waals surface area contributed by atoms with Gasteiger partial charge in [0.05, 0.1) is 0 Å². The molecular weight excluding hydrogens is 228 g/mol. The lowest BCUT2D eigenvalue weighted by molar-refractivity contribution is -0.116. The van der Waals surface area contributed by atoms with Gasteiger partial charge in [-0.05, 0) is 25.0 Å². The first-order chi connectivity index (χ1) is 6.13. The van der Waals surface area contributed by atoms with E-state index in [0.717, 1.165) is 10.9 Å². The van der Waals surface area contributed by atoms with Gasteiger partial charge in [0.2, 0.25) is 0 Å². The summed E-state index contributed by atoms with van der Waals surface area (Å²) in [5.74, 6) is 0.216. The van der Waals surface area contributed by atoms with Crippen molar-refractivity contribution in [2.75, 3.05) is 0 Å². The van der Waals surface area contributed by atoms with Gasteiger partial charge in [-0.2, -0.15) is 0 Å². The molecule has 0 bridgehead atoms. The van der Waals surface area contributed by atoms with E-state index >= 15 is 0 Å². The molecule has 0 radical (unpaired) electrons. The Kier molecular flexibility index (Phi) is 3.67. The zero-order chi connectivity index (χ0) is 9.84. The Morgan fingerprint density at radius 3 is 2.62 bits per heavy atom. The number of hydrogen-bond donors (Lipinski definition) is 0. The molecule has 0 aliphatic carbocycles. The van der Waals surface area contributed by atoms with Gasteiger partial charge in [-0.3, -0.25) is 4.79 Å². The minimum atomic E-state index is 0.216. The number of hydrogen-bond acceptors (Lipinski definition) is 1. The molecular formula is C11H13BrO. The maximum absolute atomic E-state index is 11.0. The molecule has 0 unspecified atom stereocenters. The van der Waals surface area contributed by atoms with Crippen LogP contribution >= 0.6 is 15.9 Å². The third kappa shape index (κ3) is 2.96. The van der Waals surface area contributed by atoms with Gasteiger partial charge >= 0.3 is 0 Å². The van der Waals surface area contributed by atoms with Crippen molar-refractivity contribution in [3.63, 3.8) is 0 Å². The number of carbonyl (C=O) groups is 1. The molecule has 0 spiro atoms. The van der Waals surface area contributed by atoms with Crippen molar-refractivity contribution in [1.82, 2.24) is 0 Å². The van der Waals surface area contributed by atoms with Gasteiger partial charge < -0.3 is 0 Å². The SMILES string of the molecule is CC(=O)Cc1cc(C)ccc1CBr. The molecule has 0 N–H and O–H groups in total. The summed E-state index contributed by atoms with van der Waals surface area (Å²) < 4.78 is 0. The summed E-state index contributed by atoms with van der Waals surface area (Å²) in [6, 6.07) is 6.22. The number of carbonyl (C=O) groups excluding carboxylic acids is 1. The van der Waals surface area contributed by atoms with Crippen LogP contribution in [-0.2, 0) is 16.5 Å². The molecule has 1 aromatic carbocycles. The Labute approximate surface area is 87.3 Å². The summed E-state index contributed by atoms with van der Waals surface area (Å²) in [5.41, 5.74) is 3.56. The average molecular weight is 241 g/mol. The normalized spacial score (nSPS) is 10.1. The number of alkyl halides is 1. The monoisotopic (exact) mass is 240 g/mol. The highest BCUT2D eigenvalue weighted by atomic mass is 79.9. The Morgan fingerprint density at radius 1 is 1.38 bits per heavy atom. The van der Waals surface area contributed by atoms with Crippen molar-refractivity contribution in [2.45, 2.75) is 25.6 Å². The summed E-state index contributed by atoms with van der Waals surface area (Å²) in [5, 5.41) is 0.815. The number of aryl methyl sites for hydroxylation is 1. The van der Waals surface area contributed by atoms with Crippen molar-refractivity contribution in [3.05, 3.63) is 34.9 Å². The lowest BCUT2D eigenvalue weighted by atomic mass is 10.0. The van der Waals surface area contributed by atoms with Gasteiger partial charge in [-0.25, -0.2) is 0 Å². The lowest BCUT2D eigenvalue weighted by Gasteiger charge is -2.06. The summed E-state index contributed by atoms with van der Waals surface area (Å²) in [6.07, 6.45) is 0.544. The number of ketones is 1. The predicted octanol–water partition coefficient (Wildman–Crippen LogP) is 3.02. The van der Waals surface area contributed by atoms with Crippen LogP contribution in [0.4, 0.5) is 0 Å². The fraction of sp³-hybridized carbons (Fsp3) is 0.364. The Hall–Kier alpha value is -0.630. The molecule has 2 heteroatoms. The third-order valence-corrected chi connectivity index (χ3v) is 2.55. The average Bonchev–Trinajstić information content (AvgIpc) is 2.03. The maximum Gasteiger partial charge on any atom is 0.134 e. The van der Waals surface area contributed by atoms with E-state index in [1.54, 1.807) is 6.92 Å². The van der Waals surface area contributed by atoms with Crippen molar-refractivity contribution in [3.8, 4) is 0 Å². The minimum absolute atomic E-state index is 0.216. The molecule has 0 atom stereocenters. The van der Waals surface area contributed by atoms with E-state index < -0.39 is 0 Å². The van der Waals surface area contributed by atoms with Crippen molar-refractivity contribution in [1.29, 1.82) is 0 Å². The fourth-order valence-corrected chi connectivity index (χ4v) is 1.86. The first kappa shape index (κ1) is 10.5. The topological polar surface area (TPSA) is 17.1 Å². The Bertz CT molecular complexity index is 318. The molecule has 0 saturated heterocycles. The number of rotatable bonds is 3. The highest BCUT2D eigenvalue weighted by Crippen LogP contribution is 2.15. The molecule has 0 fully saturated rings. The smallest absolute Gasteiger partial charge is 0.134 e. The predicted molar refractivity (Wildman–Crippen MR) is 58.2 cm³/mol. The van der Waals surface area contributed by atoms with Crippen LogP contribution in [-0.4, -0.2) is 5.78 Å². The highest BCUT2D eigenvalue weighted by Gasteiger charge is 2.03. The van der Waals surface area contributed by atoms with Crippen LogP contribution in [0.25, 0.3) is 0 Å². The molecule has 0 saturated carbocycles. The van der Waals surface area contributed by atoms with Crippen LogP contribution in [0.5, 0.6) is 0 Å². The second-order valence-electron chi connectivity index (χ2n) is 3.28. The van der Waals surface area contributed by atoms with Gasteiger partial charge in [0.1, 0.15) is 5.78 Å². The minimum Gasteiger partial charge on any atom is -0.300 e. The fourth-order valence-electron chi connectivity index (χ4n) is 1.32. The van der Waals surface area contributed by atoms with Crippen molar-refractivity contribution in [2.24, 2.45) is 0 Å². The molecule has 0 aliphatic rings. The Balaban J connectivity index is 3.01. The number of halogens is 1. The third-order valence-electron chi connectivity index (χ3n) is 1.95. The van der Waals surface area contributed by atoms with Crippen molar-refractivity contribution < 1.29 is 4.79 Å². The van der Waals surface area contributed by atoms with Gasteiger partial charge in [0.15, 0.2) is 0 Å². The summed E-state index contributed by atoms with van der Waals surface area (Å²) in [7, 11) is 0. The number of benzene rings is 1. The second kappa shape index (κ2) is 4.56. The number of Topliss-reactive ketones (excluding diaryl/α,β-unsaturated/α-hetero) is 1. The first-order valence-electron chi connectivity index (χ1n) is 4.27. The molecule has 1 nitrogen and oxygen atoms in total. The first-order valence-corrected chi connectivity index (χ1v) is 5.39. The Morgan fingerprint density at radius 2 is 2.08 bits per heavy atom. The molecule has 1 rings (SSSR count). The van der Waals surface area contributed by atoms with Gasteiger partial charge in [-0.15, -0.1) is 0 Å². The molecule has 0 aliphatic heterocycles. The van der Waals surface area contributed by atoms with E-state index in [2.05, 4.69) is 34.1 Å². The zero-order valence-electron chi connectivity index (χ0n) is 7.93. The quantitative estimate of drug-likeness (QED) is 0.743. The molecule has 70 valence electrons. The van der Waals surface area contributed by atoms with Crippen LogP contribution in [0.3, 0.4) is 0 Å².